The van der Waals surface area contributed by atoms with Crippen molar-refractivity contribution in [1.82, 2.24) is 5.32 Å². The molecule has 1 aromatic carbocycles. The number of nitriles is 1. The summed E-state index contributed by atoms with van der Waals surface area (Å²) < 4.78 is 63.4. The Kier molecular flexibility index (Phi) is 5.32. The zero-order valence-corrected chi connectivity index (χ0v) is 17.8. The van der Waals surface area contributed by atoms with E-state index in [0.29, 0.717) is 11.1 Å². The number of amides is 2. The fourth-order valence-corrected chi connectivity index (χ4v) is 6.30. The van der Waals surface area contributed by atoms with Gasteiger partial charge in [0.25, 0.3) is 0 Å². The first-order chi connectivity index (χ1) is 15.1. The van der Waals surface area contributed by atoms with Crippen molar-refractivity contribution >= 4 is 27.7 Å². The maximum absolute atomic E-state index is 15.1. The molecule has 1 fully saturated rings. The van der Waals surface area contributed by atoms with Gasteiger partial charge < -0.3 is 14.8 Å². The number of carbonyl (C=O) groups excluding carboxylic acids is 2. The van der Waals surface area contributed by atoms with E-state index in [1.54, 1.807) is 0 Å². The Labute approximate surface area is 182 Å². The van der Waals surface area contributed by atoms with E-state index in [0.717, 1.165) is 17.0 Å². The number of cyclic esters (lactones) is 1. The number of carbonyl (C=O) groups is 2. The van der Waals surface area contributed by atoms with Gasteiger partial charge in [0.1, 0.15) is 17.7 Å². The van der Waals surface area contributed by atoms with Crippen LogP contribution in [0.1, 0.15) is 18.4 Å². The minimum absolute atomic E-state index is 0.0460. The molecule has 2 aliphatic heterocycles. The van der Waals surface area contributed by atoms with Crippen molar-refractivity contribution in [1.29, 1.82) is 5.26 Å². The summed E-state index contributed by atoms with van der Waals surface area (Å²) in [6, 6.07) is 3.90. The number of nitrogens with zero attached hydrogens (tertiary/aromatic N) is 2. The number of methoxy groups -OCH3 is 1. The Morgan fingerprint density at radius 3 is 2.44 bits per heavy atom. The topological polar surface area (TPSA) is 126 Å². The Hall–Kier alpha value is -3.20. The molecule has 2 heterocycles. The number of benzene rings is 1. The van der Waals surface area contributed by atoms with E-state index in [-0.39, 0.29) is 43.1 Å². The SMILES string of the molecule is COC(=O)NC[C@H]1CN(c2cc(F)c(C3(C#N)CC4=C(C3)CS(=O)(=O)C4)c(F)c2)C(=O)O1. The highest BCUT2D eigenvalue weighted by atomic mass is 32.2. The minimum atomic E-state index is -3.27. The van der Waals surface area contributed by atoms with Crippen LogP contribution in [0.4, 0.5) is 24.1 Å². The third-order valence-electron chi connectivity index (χ3n) is 5.88. The first-order valence-corrected chi connectivity index (χ1v) is 11.5. The third kappa shape index (κ3) is 3.77. The summed E-state index contributed by atoms with van der Waals surface area (Å²) in [5, 5.41) is 12.2. The van der Waals surface area contributed by atoms with Gasteiger partial charge >= 0.3 is 12.2 Å². The number of hydrogen-bond acceptors (Lipinski definition) is 7. The molecule has 1 N–H and O–H groups in total. The summed E-state index contributed by atoms with van der Waals surface area (Å²) in [6.45, 7) is -0.103. The molecule has 1 aliphatic carbocycles. The van der Waals surface area contributed by atoms with Crippen molar-refractivity contribution in [3.8, 4) is 6.07 Å². The lowest BCUT2D eigenvalue weighted by Crippen LogP contribution is -2.34. The third-order valence-corrected chi connectivity index (χ3v) is 7.46. The normalized spacial score (nSPS) is 23.0. The Bertz CT molecular complexity index is 1140. The molecular formula is C20H19F2N3O6S. The maximum atomic E-state index is 15.1. The molecular weight excluding hydrogens is 448 g/mol. The van der Waals surface area contributed by atoms with Crippen molar-refractivity contribution in [2.45, 2.75) is 24.4 Å². The maximum Gasteiger partial charge on any atom is 0.414 e. The number of halogens is 2. The quantitative estimate of drug-likeness (QED) is 0.671. The number of alkyl carbamates (subject to hydrolysis) is 1. The summed E-state index contributed by atoms with van der Waals surface area (Å²) in [5.74, 6) is -2.41. The highest BCUT2D eigenvalue weighted by Crippen LogP contribution is 2.49. The number of ether oxygens (including phenoxy) is 2. The van der Waals surface area contributed by atoms with E-state index < -0.39 is 50.7 Å². The van der Waals surface area contributed by atoms with Crippen LogP contribution in [0.3, 0.4) is 0 Å². The van der Waals surface area contributed by atoms with E-state index in [1.165, 1.54) is 7.11 Å². The second-order valence-electron chi connectivity index (χ2n) is 8.06. The molecule has 0 aromatic heterocycles. The zero-order valence-electron chi connectivity index (χ0n) is 17.0. The molecule has 1 saturated heterocycles. The monoisotopic (exact) mass is 467 g/mol. The highest BCUT2D eigenvalue weighted by Gasteiger charge is 2.48. The van der Waals surface area contributed by atoms with Crippen molar-refractivity contribution in [2.24, 2.45) is 0 Å². The van der Waals surface area contributed by atoms with E-state index >= 15 is 8.78 Å². The summed E-state index contributed by atoms with van der Waals surface area (Å²) in [7, 11) is -2.09. The molecule has 9 nitrogen and oxygen atoms in total. The standard InChI is InChI=1S/C20H19F2N3O6S/c1-30-18(26)24-6-14-7-25(19(27)31-14)13-2-15(21)17(16(22)3-13)20(10-23)4-11-8-32(28,29)9-12(11)5-20/h2-3,14H,4-9H2,1H3,(H,24,26)/t14-/m0/s1. The van der Waals surface area contributed by atoms with Gasteiger partial charge in [-0.15, -0.1) is 0 Å². The van der Waals surface area contributed by atoms with E-state index in [4.69, 9.17) is 4.74 Å². The fourth-order valence-electron chi connectivity index (χ4n) is 4.52. The molecule has 0 bridgehead atoms. The second-order valence-corrected chi connectivity index (χ2v) is 10.1. The van der Waals surface area contributed by atoms with Gasteiger partial charge in [-0.05, 0) is 25.0 Å². The predicted molar refractivity (Wildman–Crippen MR) is 107 cm³/mol. The van der Waals surface area contributed by atoms with Crippen LogP contribution in [-0.2, 0) is 24.7 Å². The molecule has 170 valence electrons. The van der Waals surface area contributed by atoms with Gasteiger partial charge in [0.05, 0.1) is 48.9 Å². The predicted octanol–water partition coefficient (Wildman–Crippen LogP) is 1.93. The first-order valence-electron chi connectivity index (χ1n) is 9.68. The average molecular weight is 467 g/mol. The zero-order chi connectivity index (χ0) is 23.3. The van der Waals surface area contributed by atoms with Crippen molar-refractivity contribution < 1.29 is 36.3 Å². The lowest BCUT2D eigenvalue weighted by Gasteiger charge is -2.25. The van der Waals surface area contributed by atoms with Crippen LogP contribution in [-0.4, -0.2) is 58.4 Å². The van der Waals surface area contributed by atoms with Crippen LogP contribution in [0.5, 0.6) is 0 Å². The average Bonchev–Trinajstić information content (AvgIpc) is 3.33. The molecule has 4 rings (SSSR count). The van der Waals surface area contributed by atoms with Gasteiger partial charge in [-0.1, -0.05) is 11.1 Å². The van der Waals surface area contributed by atoms with E-state index in [1.807, 2.05) is 6.07 Å². The second kappa shape index (κ2) is 7.74. The highest BCUT2D eigenvalue weighted by molar-refractivity contribution is 7.92. The summed E-state index contributed by atoms with van der Waals surface area (Å²) in [5.41, 5.74) is -0.987. The summed E-state index contributed by atoms with van der Waals surface area (Å²) in [6.07, 6.45) is -2.42. The summed E-state index contributed by atoms with van der Waals surface area (Å²) in [4.78, 5) is 24.4. The van der Waals surface area contributed by atoms with Crippen LogP contribution in [0, 0.1) is 23.0 Å². The summed E-state index contributed by atoms with van der Waals surface area (Å²) >= 11 is 0. The van der Waals surface area contributed by atoms with Crippen LogP contribution in [0.2, 0.25) is 0 Å². The Balaban J connectivity index is 1.56. The van der Waals surface area contributed by atoms with Gasteiger partial charge in [0.2, 0.25) is 0 Å². The molecule has 2 amide bonds. The fraction of sp³-hybridized carbons (Fsp3) is 0.450. The number of sulfone groups is 1. The molecule has 0 unspecified atom stereocenters. The molecule has 32 heavy (non-hydrogen) atoms. The lowest BCUT2D eigenvalue weighted by atomic mass is 9.77. The molecule has 0 spiro atoms. The molecule has 1 atom stereocenters. The first kappa shape index (κ1) is 22.0. The van der Waals surface area contributed by atoms with E-state index in [9.17, 15) is 23.3 Å². The van der Waals surface area contributed by atoms with Gasteiger partial charge in [0.15, 0.2) is 9.84 Å². The molecule has 3 aliphatic rings. The van der Waals surface area contributed by atoms with Crippen molar-refractivity contribution in [2.75, 3.05) is 36.6 Å². The van der Waals surface area contributed by atoms with Gasteiger partial charge in [-0.25, -0.2) is 26.8 Å². The smallest absolute Gasteiger partial charge is 0.414 e. The van der Waals surface area contributed by atoms with Crippen molar-refractivity contribution in [3.05, 3.63) is 40.5 Å². The van der Waals surface area contributed by atoms with Crippen LogP contribution >= 0.6 is 0 Å². The number of rotatable bonds is 4. The van der Waals surface area contributed by atoms with Crippen LogP contribution < -0.4 is 10.2 Å². The molecule has 1 aromatic rings. The number of nitrogens with one attached hydrogen (secondary N) is 1. The Morgan fingerprint density at radius 1 is 1.31 bits per heavy atom. The van der Waals surface area contributed by atoms with Gasteiger partial charge in [-0.3, -0.25) is 4.90 Å². The molecule has 0 radical (unpaired) electrons. The van der Waals surface area contributed by atoms with Gasteiger partial charge in [0, 0.05) is 5.56 Å². The Morgan fingerprint density at radius 2 is 1.91 bits per heavy atom. The van der Waals surface area contributed by atoms with Crippen LogP contribution in [0.15, 0.2) is 23.3 Å². The number of anilines is 1. The molecule has 0 saturated carbocycles. The van der Waals surface area contributed by atoms with Gasteiger partial charge in [-0.2, -0.15) is 5.26 Å². The van der Waals surface area contributed by atoms with Crippen molar-refractivity contribution in [3.63, 3.8) is 0 Å². The van der Waals surface area contributed by atoms with Crippen LogP contribution in [0.25, 0.3) is 0 Å². The molecule has 12 heteroatoms. The van der Waals surface area contributed by atoms with E-state index in [2.05, 4.69) is 10.1 Å². The number of hydrogen-bond donors (Lipinski definition) is 1. The minimum Gasteiger partial charge on any atom is -0.453 e. The largest absolute Gasteiger partial charge is 0.453 e. The lowest BCUT2D eigenvalue weighted by molar-refractivity contribution is 0.132.